The van der Waals surface area contributed by atoms with E-state index in [1.807, 2.05) is 6.92 Å². The summed E-state index contributed by atoms with van der Waals surface area (Å²) in [6.45, 7) is 1.86. The maximum atomic E-state index is 11.3. The Hall–Kier alpha value is -1.39. The van der Waals surface area contributed by atoms with Crippen LogP contribution in [0, 0.1) is 0 Å². The van der Waals surface area contributed by atoms with Crippen LogP contribution < -0.4 is 5.73 Å². The quantitative estimate of drug-likeness (QED) is 0.753. The van der Waals surface area contributed by atoms with Crippen molar-refractivity contribution in [2.75, 3.05) is 7.11 Å². The van der Waals surface area contributed by atoms with Crippen molar-refractivity contribution in [1.29, 1.82) is 0 Å². The van der Waals surface area contributed by atoms with Gasteiger partial charge in [-0.25, -0.2) is 4.79 Å². The predicted molar refractivity (Wildman–Crippen MR) is 61.0 cm³/mol. The number of hydrogen-bond donors (Lipinski definition) is 2. The number of nitrogens with two attached hydrogens (primary N) is 1. The number of benzene rings is 1. The molecule has 0 unspecified atom stereocenters. The van der Waals surface area contributed by atoms with E-state index in [1.54, 1.807) is 24.3 Å². The zero-order valence-corrected chi connectivity index (χ0v) is 9.51. The van der Waals surface area contributed by atoms with E-state index in [2.05, 4.69) is 4.74 Å². The first-order chi connectivity index (χ1) is 7.60. The Kier molecular flexibility index (Phi) is 4.46. The molecule has 2 atom stereocenters. The van der Waals surface area contributed by atoms with E-state index in [4.69, 9.17) is 5.73 Å². The van der Waals surface area contributed by atoms with E-state index >= 15 is 0 Å². The Morgan fingerprint density at radius 1 is 1.56 bits per heavy atom. The lowest BCUT2D eigenvalue weighted by Gasteiger charge is -2.17. The number of methoxy groups -OCH3 is 1. The Labute approximate surface area is 95.0 Å². The summed E-state index contributed by atoms with van der Waals surface area (Å²) in [6, 6.07) is 6.34. The van der Waals surface area contributed by atoms with Crippen LogP contribution in [0.4, 0.5) is 0 Å². The highest BCUT2D eigenvalue weighted by Crippen LogP contribution is 2.18. The van der Waals surface area contributed by atoms with Crippen molar-refractivity contribution in [1.82, 2.24) is 0 Å². The molecule has 88 valence electrons. The number of aliphatic hydroxyl groups excluding tert-OH is 1. The van der Waals surface area contributed by atoms with Crippen molar-refractivity contribution in [3.8, 4) is 0 Å². The summed E-state index contributed by atoms with van der Waals surface area (Å²) >= 11 is 0. The number of ether oxygens (including phenoxy) is 1. The molecule has 1 aromatic rings. The molecule has 0 saturated carbocycles. The molecule has 0 radical (unpaired) electrons. The minimum Gasteiger partial charge on any atom is -0.465 e. The lowest BCUT2D eigenvalue weighted by Crippen LogP contribution is -2.25. The average molecular weight is 223 g/mol. The highest BCUT2D eigenvalue weighted by molar-refractivity contribution is 5.89. The Morgan fingerprint density at radius 2 is 2.25 bits per heavy atom. The van der Waals surface area contributed by atoms with Gasteiger partial charge in [0.2, 0.25) is 0 Å². The molecular weight excluding hydrogens is 206 g/mol. The molecule has 0 amide bonds. The number of hydrogen-bond acceptors (Lipinski definition) is 4. The van der Waals surface area contributed by atoms with Crippen molar-refractivity contribution in [2.24, 2.45) is 5.73 Å². The van der Waals surface area contributed by atoms with Crippen molar-refractivity contribution in [3.63, 3.8) is 0 Å². The van der Waals surface area contributed by atoms with Crippen molar-refractivity contribution in [2.45, 2.75) is 25.5 Å². The molecule has 1 rings (SSSR count). The molecule has 4 nitrogen and oxygen atoms in total. The lowest BCUT2D eigenvalue weighted by molar-refractivity contribution is 0.0600. The Bertz CT molecular complexity index is 365. The molecule has 16 heavy (non-hydrogen) atoms. The van der Waals surface area contributed by atoms with Crippen LogP contribution in [0.5, 0.6) is 0 Å². The van der Waals surface area contributed by atoms with Gasteiger partial charge in [0.25, 0.3) is 0 Å². The normalized spacial score (nSPS) is 14.2. The predicted octanol–water partition coefficient (Wildman–Crippen LogP) is 1.24. The van der Waals surface area contributed by atoms with Gasteiger partial charge in [-0.15, -0.1) is 0 Å². The third kappa shape index (κ3) is 2.81. The van der Waals surface area contributed by atoms with E-state index < -0.39 is 18.1 Å². The lowest BCUT2D eigenvalue weighted by atomic mass is 9.99. The van der Waals surface area contributed by atoms with Crippen LogP contribution >= 0.6 is 0 Å². The summed E-state index contributed by atoms with van der Waals surface area (Å²) in [4.78, 5) is 11.3. The molecule has 3 N–H and O–H groups in total. The Morgan fingerprint density at radius 3 is 2.81 bits per heavy atom. The van der Waals surface area contributed by atoms with Gasteiger partial charge in [-0.3, -0.25) is 0 Å². The second-order valence-corrected chi connectivity index (χ2v) is 3.62. The number of rotatable bonds is 4. The van der Waals surface area contributed by atoms with Gasteiger partial charge in [-0.2, -0.15) is 0 Å². The van der Waals surface area contributed by atoms with Gasteiger partial charge in [0.1, 0.15) is 0 Å². The van der Waals surface area contributed by atoms with E-state index in [0.29, 0.717) is 12.0 Å². The number of carbonyl (C=O) groups excluding carboxylic acids is 1. The van der Waals surface area contributed by atoms with E-state index in [-0.39, 0.29) is 0 Å². The molecule has 0 saturated heterocycles. The molecule has 0 fully saturated rings. The van der Waals surface area contributed by atoms with Crippen LogP contribution in [0.15, 0.2) is 24.3 Å². The first kappa shape index (κ1) is 12.7. The second kappa shape index (κ2) is 5.63. The van der Waals surface area contributed by atoms with Crippen LogP contribution in [0.1, 0.15) is 35.3 Å². The minimum absolute atomic E-state index is 0.403. The molecule has 0 aliphatic rings. The summed E-state index contributed by atoms with van der Waals surface area (Å²) in [6.07, 6.45) is -0.0308. The maximum Gasteiger partial charge on any atom is 0.337 e. The molecule has 0 spiro atoms. The summed E-state index contributed by atoms with van der Waals surface area (Å²) in [5, 5.41) is 9.63. The number of carbonyl (C=O) groups is 1. The smallest absolute Gasteiger partial charge is 0.337 e. The fourth-order valence-corrected chi connectivity index (χ4v) is 1.47. The highest BCUT2D eigenvalue weighted by Gasteiger charge is 2.16. The molecule has 0 aromatic heterocycles. The van der Waals surface area contributed by atoms with E-state index in [9.17, 15) is 9.90 Å². The van der Waals surface area contributed by atoms with Gasteiger partial charge in [0.15, 0.2) is 0 Å². The first-order valence-corrected chi connectivity index (χ1v) is 5.22. The fourth-order valence-electron chi connectivity index (χ4n) is 1.47. The van der Waals surface area contributed by atoms with Crippen molar-refractivity contribution < 1.29 is 14.6 Å². The Balaban J connectivity index is 2.94. The molecule has 1 aromatic carbocycles. The molecule has 0 aliphatic heterocycles. The summed E-state index contributed by atoms with van der Waals surface area (Å²) in [7, 11) is 1.33. The van der Waals surface area contributed by atoms with Gasteiger partial charge in [-0.1, -0.05) is 19.1 Å². The zero-order valence-electron chi connectivity index (χ0n) is 9.51. The molecule has 0 heterocycles. The largest absolute Gasteiger partial charge is 0.465 e. The monoisotopic (exact) mass is 223 g/mol. The fraction of sp³-hybridized carbons (Fsp3) is 0.417. The summed E-state index contributed by atoms with van der Waals surface area (Å²) in [5.41, 5.74) is 7.03. The van der Waals surface area contributed by atoms with Gasteiger partial charge < -0.3 is 15.6 Å². The van der Waals surface area contributed by atoms with Gasteiger partial charge >= 0.3 is 5.97 Å². The summed E-state index contributed by atoms with van der Waals surface area (Å²) < 4.78 is 4.62. The third-order valence-corrected chi connectivity index (χ3v) is 2.53. The van der Waals surface area contributed by atoms with Gasteiger partial charge in [0.05, 0.1) is 24.8 Å². The van der Waals surface area contributed by atoms with Crippen LogP contribution in [0.25, 0.3) is 0 Å². The molecule has 0 bridgehead atoms. The molecule has 0 aliphatic carbocycles. The van der Waals surface area contributed by atoms with Crippen LogP contribution in [0.2, 0.25) is 0 Å². The van der Waals surface area contributed by atoms with Gasteiger partial charge in [0, 0.05) is 0 Å². The first-order valence-electron chi connectivity index (χ1n) is 5.22. The van der Waals surface area contributed by atoms with Crippen LogP contribution in [-0.4, -0.2) is 24.3 Å². The summed E-state index contributed by atoms with van der Waals surface area (Å²) in [5.74, 6) is -0.403. The maximum absolute atomic E-state index is 11.3. The van der Waals surface area contributed by atoms with Crippen molar-refractivity contribution in [3.05, 3.63) is 35.4 Å². The average Bonchev–Trinajstić information content (AvgIpc) is 2.36. The SMILES string of the molecule is CC[C@H](O)[C@H](N)c1cccc(C(=O)OC)c1. The zero-order chi connectivity index (χ0) is 12.1. The van der Waals surface area contributed by atoms with E-state index in [0.717, 1.165) is 5.56 Å². The van der Waals surface area contributed by atoms with E-state index in [1.165, 1.54) is 7.11 Å². The number of esters is 1. The minimum atomic E-state index is -0.604. The van der Waals surface area contributed by atoms with Gasteiger partial charge in [-0.05, 0) is 24.1 Å². The molecular formula is C12H17NO3. The van der Waals surface area contributed by atoms with Crippen molar-refractivity contribution >= 4 is 5.97 Å². The third-order valence-electron chi connectivity index (χ3n) is 2.53. The van der Waals surface area contributed by atoms with Crippen LogP contribution in [-0.2, 0) is 4.74 Å². The highest BCUT2D eigenvalue weighted by atomic mass is 16.5. The van der Waals surface area contributed by atoms with Crippen LogP contribution in [0.3, 0.4) is 0 Å². The number of aliphatic hydroxyl groups is 1. The molecule has 4 heteroatoms. The topological polar surface area (TPSA) is 72.5 Å². The second-order valence-electron chi connectivity index (χ2n) is 3.62. The standard InChI is InChI=1S/C12H17NO3/c1-3-10(14)11(13)8-5-4-6-9(7-8)12(15)16-2/h4-7,10-11,14H,3,13H2,1-2H3/t10-,11+/m0/s1.